The van der Waals surface area contributed by atoms with Gasteiger partial charge in [-0.15, -0.1) is 10.2 Å². The van der Waals surface area contributed by atoms with Gasteiger partial charge in [-0.1, -0.05) is 0 Å². The number of anilines is 2. The molecule has 116 valence electrons. The molecular weight excluding hydrogens is 292 g/mol. The largest absolute Gasteiger partial charge is 0.397 e. The molecule has 3 N–H and O–H groups in total. The molecule has 1 aromatic carbocycles. The van der Waals surface area contributed by atoms with E-state index in [0.717, 1.165) is 29.4 Å². The third kappa shape index (κ3) is 2.61. The first-order valence-electron chi connectivity index (χ1n) is 7.47. The summed E-state index contributed by atoms with van der Waals surface area (Å²) in [7, 11) is 1.87. The van der Waals surface area contributed by atoms with Crippen LogP contribution in [0.4, 0.5) is 11.5 Å². The number of nitrogen functional groups attached to an aromatic ring is 1. The molecule has 0 aliphatic heterocycles. The molecule has 0 unspecified atom stereocenters. The fourth-order valence-corrected chi connectivity index (χ4v) is 2.56. The van der Waals surface area contributed by atoms with Crippen LogP contribution >= 0.6 is 0 Å². The number of carbonyl (C=O) groups excluding carboxylic acids is 1. The standard InChI is InChI=1S/C16H16N6O/c1-22-8-12(7-18-22)10-4-11-6-14(19-16(23)9-2-3-9)20-21-15(11)13(17)5-10/h4-9H,2-3,17H2,1H3,(H,19,20,23). The number of nitrogens with two attached hydrogens (primary N) is 1. The van der Waals surface area contributed by atoms with Crippen LogP contribution in [0.3, 0.4) is 0 Å². The lowest BCUT2D eigenvalue weighted by molar-refractivity contribution is -0.117. The maximum Gasteiger partial charge on any atom is 0.228 e. The smallest absolute Gasteiger partial charge is 0.228 e. The normalized spacial score (nSPS) is 14.1. The molecule has 0 bridgehead atoms. The van der Waals surface area contributed by atoms with Crippen molar-refractivity contribution in [1.82, 2.24) is 20.0 Å². The van der Waals surface area contributed by atoms with E-state index in [4.69, 9.17) is 5.73 Å². The van der Waals surface area contributed by atoms with Crippen LogP contribution in [0.1, 0.15) is 12.8 Å². The van der Waals surface area contributed by atoms with Gasteiger partial charge in [0.15, 0.2) is 5.82 Å². The van der Waals surface area contributed by atoms with E-state index in [1.54, 1.807) is 16.9 Å². The van der Waals surface area contributed by atoms with Crippen LogP contribution in [-0.2, 0) is 11.8 Å². The molecule has 23 heavy (non-hydrogen) atoms. The van der Waals surface area contributed by atoms with Crippen LogP contribution in [0.5, 0.6) is 0 Å². The summed E-state index contributed by atoms with van der Waals surface area (Å²) in [6.45, 7) is 0. The molecule has 1 saturated carbocycles. The average molecular weight is 308 g/mol. The molecule has 2 heterocycles. The molecule has 0 saturated heterocycles. The monoisotopic (exact) mass is 308 g/mol. The topological polar surface area (TPSA) is 98.7 Å². The van der Waals surface area contributed by atoms with Crippen LogP contribution in [-0.4, -0.2) is 25.9 Å². The molecule has 0 spiro atoms. The average Bonchev–Trinajstić information content (AvgIpc) is 3.29. The van der Waals surface area contributed by atoms with E-state index in [1.165, 1.54) is 0 Å². The Balaban J connectivity index is 1.74. The minimum absolute atomic E-state index is 0.00929. The quantitative estimate of drug-likeness (QED) is 0.721. The summed E-state index contributed by atoms with van der Waals surface area (Å²) in [5.41, 5.74) is 9.20. The van der Waals surface area contributed by atoms with Gasteiger partial charge in [-0.3, -0.25) is 9.48 Å². The molecule has 4 rings (SSSR count). The zero-order chi connectivity index (χ0) is 16.0. The van der Waals surface area contributed by atoms with Gasteiger partial charge in [0.25, 0.3) is 0 Å². The third-order valence-corrected chi connectivity index (χ3v) is 3.96. The van der Waals surface area contributed by atoms with Crippen LogP contribution in [0, 0.1) is 5.92 Å². The number of hydrogen-bond acceptors (Lipinski definition) is 5. The van der Waals surface area contributed by atoms with Crippen molar-refractivity contribution >= 4 is 28.3 Å². The van der Waals surface area contributed by atoms with Crippen LogP contribution in [0.15, 0.2) is 30.6 Å². The van der Waals surface area contributed by atoms with Crippen molar-refractivity contribution in [2.24, 2.45) is 13.0 Å². The first kappa shape index (κ1) is 13.7. The summed E-state index contributed by atoms with van der Waals surface area (Å²) < 4.78 is 1.74. The molecule has 2 aromatic heterocycles. The number of fused-ring (bicyclic) bond motifs is 1. The van der Waals surface area contributed by atoms with Crippen molar-refractivity contribution in [3.05, 3.63) is 30.6 Å². The number of rotatable bonds is 3. The second-order valence-corrected chi connectivity index (χ2v) is 5.90. The highest BCUT2D eigenvalue weighted by molar-refractivity contribution is 5.97. The van der Waals surface area contributed by atoms with Crippen LogP contribution < -0.4 is 11.1 Å². The molecule has 1 aliphatic carbocycles. The lowest BCUT2D eigenvalue weighted by Crippen LogP contribution is -2.14. The van der Waals surface area contributed by atoms with E-state index >= 15 is 0 Å². The van der Waals surface area contributed by atoms with Crippen molar-refractivity contribution in [2.75, 3.05) is 11.1 Å². The van der Waals surface area contributed by atoms with E-state index in [1.807, 2.05) is 25.4 Å². The van der Waals surface area contributed by atoms with Gasteiger partial charge in [0.1, 0.15) is 5.52 Å². The molecular formula is C16H16N6O. The molecule has 1 amide bonds. The molecule has 3 aromatic rings. The molecule has 1 aliphatic rings. The highest BCUT2D eigenvalue weighted by Crippen LogP contribution is 2.31. The SMILES string of the molecule is Cn1cc(-c2cc(N)c3nnc(NC(=O)C4CC4)cc3c2)cn1. The fourth-order valence-electron chi connectivity index (χ4n) is 2.56. The summed E-state index contributed by atoms with van der Waals surface area (Å²) in [4.78, 5) is 11.9. The maximum absolute atomic E-state index is 11.9. The Morgan fingerprint density at radius 3 is 2.78 bits per heavy atom. The van der Waals surface area contributed by atoms with Gasteiger partial charge < -0.3 is 11.1 Å². The third-order valence-electron chi connectivity index (χ3n) is 3.96. The van der Waals surface area contributed by atoms with Crippen molar-refractivity contribution in [1.29, 1.82) is 0 Å². The fraction of sp³-hybridized carbons (Fsp3) is 0.250. The Morgan fingerprint density at radius 1 is 1.26 bits per heavy atom. The minimum atomic E-state index is 0.00929. The predicted molar refractivity (Wildman–Crippen MR) is 87.5 cm³/mol. The van der Waals surface area contributed by atoms with Crippen LogP contribution in [0.25, 0.3) is 22.0 Å². The number of carbonyl (C=O) groups is 1. The number of aryl methyl sites for hydroxylation is 1. The zero-order valence-electron chi connectivity index (χ0n) is 12.7. The van der Waals surface area contributed by atoms with Crippen molar-refractivity contribution in [3.63, 3.8) is 0 Å². The highest BCUT2D eigenvalue weighted by atomic mass is 16.2. The first-order chi connectivity index (χ1) is 11.1. The summed E-state index contributed by atoms with van der Waals surface area (Å²) in [5.74, 6) is 0.589. The lowest BCUT2D eigenvalue weighted by Gasteiger charge is -2.07. The van der Waals surface area contributed by atoms with Gasteiger partial charge in [0.05, 0.1) is 11.9 Å². The summed E-state index contributed by atoms with van der Waals surface area (Å²) in [5, 5.41) is 16.0. The summed E-state index contributed by atoms with van der Waals surface area (Å²) in [6.07, 6.45) is 5.60. The first-order valence-corrected chi connectivity index (χ1v) is 7.47. The number of nitrogens with zero attached hydrogens (tertiary/aromatic N) is 4. The Bertz CT molecular complexity index is 912. The van der Waals surface area contributed by atoms with E-state index in [0.29, 0.717) is 17.0 Å². The molecule has 0 radical (unpaired) electrons. The second kappa shape index (κ2) is 5.05. The molecule has 7 nitrogen and oxygen atoms in total. The number of benzene rings is 1. The Labute approximate surface area is 132 Å². The highest BCUT2D eigenvalue weighted by Gasteiger charge is 2.29. The maximum atomic E-state index is 11.9. The van der Waals surface area contributed by atoms with Gasteiger partial charge in [-0.05, 0) is 36.6 Å². The van der Waals surface area contributed by atoms with Gasteiger partial charge in [0.2, 0.25) is 5.91 Å². The zero-order valence-corrected chi connectivity index (χ0v) is 12.7. The summed E-state index contributed by atoms with van der Waals surface area (Å²) >= 11 is 0. The number of amides is 1. The van der Waals surface area contributed by atoms with E-state index < -0.39 is 0 Å². The van der Waals surface area contributed by atoms with E-state index in [-0.39, 0.29) is 11.8 Å². The van der Waals surface area contributed by atoms with Gasteiger partial charge in [-0.25, -0.2) is 0 Å². The Hall–Kier alpha value is -2.96. The van der Waals surface area contributed by atoms with E-state index in [2.05, 4.69) is 20.6 Å². The number of nitrogens with one attached hydrogen (secondary N) is 1. The van der Waals surface area contributed by atoms with Crippen molar-refractivity contribution < 1.29 is 4.79 Å². The summed E-state index contributed by atoms with van der Waals surface area (Å²) in [6, 6.07) is 5.64. The van der Waals surface area contributed by atoms with Crippen molar-refractivity contribution in [3.8, 4) is 11.1 Å². The van der Waals surface area contributed by atoms with Gasteiger partial charge >= 0.3 is 0 Å². The minimum Gasteiger partial charge on any atom is -0.397 e. The number of aromatic nitrogens is 4. The van der Waals surface area contributed by atoms with Gasteiger partial charge in [0, 0.05) is 30.1 Å². The number of hydrogen-bond donors (Lipinski definition) is 2. The Morgan fingerprint density at radius 2 is 2.09 bits per heavy atom. The second-order valence-electron chi connectivity index (χ2n) is 5.90. The lowest BCUT2D eigenvalue weighted by atomic mass is 10.1. The van der Waals surface area contributed by atoms with Crippen molar-refractivity contribution in [2.45, 2.75) is 12.8 Å². The predicted octanol–water partition coefficient (Wildman–Crippen LogP) is 1.96. The van der Waals surface area contributed by atoms with Gasteiger partial charge in [-0.2, -0.15) is 5.10 Å². The molecule has 1 fully saturated rings. The molecule has 7 heteroatoms. The Kier molecular flexibility index (Phi) is 3.00. The molecule has 0 atom stereocenters. The van der Waals surface area contributed by atoms with Crippen LogP contribution in [0.2, 0.25) is 0 Å². The van der Waals surface area contributed by atoms with E-state index in [9.17, 15) is 4.79 Å².